The van der Waals surface area contributed by atoms with Crippen molar-refractivity contribution in [2.75, 3.05) is 36.9 Å². The van der Waals surface area contributed by atoms with Gasteiger partial charge in [0.25, 0.3) is 0 Å². The third kappa shape index (κ3) is 5.22. The van der Waals surface area contributed by atoms with E-state index in [4.69, 9.17) is 4.74 Å². The second-order valence-corrected chi connectivity index (χ2v) is 9.31. The van der Waals surface area contributed by atoms with Crippen LogP contribution in [-0.2, 0) is 11.3 Å². The summed E-state index contributed by atoms with van der Waals surface area (Å²) in [7, 11) is 0. The molecule has 2 aromatic carbocycles. The summed E-state index contributed by atoms with van der Waals surface area (Å²) < 4.78 is 23.1. The third-order valence-corrected chi connectivity index (χ3v) is 6.59. The number of carbonyl (C=O) groups is 1. The number of carbonyl (C=O) groups excluding carboxylic acids is 1. The molecule has 0 unspecified atom stereocenters. The fourth-order valence-electron chi connectivity index (χ4n) is 4.21. The van der Waals surface area contributed by atoms with Gasteiger partial charge in [0.2, 0.25) is 0 Å². The molecule has 1 fully saturated rings. The Morgan fingerprint density at radius 1 is 1.14 bits per heavy atom. The average Bonchev–Trinajstić information content (AvgIpc) is 3.20. The van der Waals surface area contributed by atoms with Gasteiger partial charge in [-0.2, -0.15) is 0 Å². The molecule has 5 rings (SSSR count). The first-order valence-electron chi connectivity index (χ1n) is 11.3. The fourth-order valence-corrected chi connectivity index (χ4v) is 4.77. The number of hydrogen-bond donors (Lipinski definition) is 2. The molecule has 4 aromatic rings. The Bertz CT molecular complexity index is 1390. The SMILES string of the molecule is Cc1cccc(NC(=O)Nc2ccc(-c3cc(CN4CCOCC4)n4ncnc([As])c34)cc2F)c1. The van der Waals surface area contributed by atoms with Crippen LogP contribution in [0.3, 0.4) is 0 Å². The van der Waals surface area contributed by atoms with E-state index in [1.807, 2.05) is 35.7 Å². The number of halogens is 1. The molecule has 35 heavy (non-hydrogen) atoms. The normalized spacial score (nSPS) is 14.3. The molecule has 1 aliphatic heterocycles. The number of amides is 2. The molecule has 178 valence electrons. The second-order valence-electron chi connectivity index (χ2n) is 8.43. The van der Waals surface area contributed by atoms with Gasteiger partial charge in [-0.3, -0.25) is 0 Å². The Morgan fingerprint density at radius 2 is 1.97 bits per heavy atom. The minimum atomic E-state index is -0.528. The van der Waals surface area contributed by atoms with Gasteiger partial charge in [0.15, 0.2) is 0 Å². The van der Waals surface area contributed by atoms with Crippen molar-refractivity contribution in [2.24, 2.45) is 0 Å². The number of morpholine rings is 1. The Morgan fingerprint density at radius 3 is 2.74 bits per heavy atom. The van der Waals surface area contributed by atoms with Crippen molar-refractivity contribution in [3.63, 3.8) is 0 Å². The molecular formula is C25H24AsFN6O2. The molecule has 2 aromatic heterocycles. The van der Waals surface area contributed by atoms with Gasteiger partial charge in [0, 0.05) is 0 Å². The number of nitrogens with zero attached hydrogens (tertiary/aromatic N) is 4. The van der Waals surface area contributed by atoms with Gasteiger partial charge in [-0.1, -0.05) is 12.1 Å². The molecule has 2 amide bonds. The number of fused-ring (bicyclic) bond motifs is 1. The number of benzene rings is 2. The van der Waals surface area contributed by atoms with E-state index in [9.17, 15) is 4.79 Å². The van der Waals surface area contributed by atoms with Crippen LogP contribution >= 0.6 is 0 Å². The Kier molecular flexibility index (Phi) is 6.81. The van der Waals surface area contributed by atoms with Crippen molar-refractivity contribution < 1.29 is 13.9 Å². The van der Waals surface area contributed by atoms with Crippen LogP contribution in [0, 0.1) is 12.7 Å². The van der Waals surface area contributed by atoms with Crippen molar-refractivity contribution in [1.82, 2.24) is 19.5 Å². The zero-order valence-corrected chi connectivity index (χ0v) is 21.0. The van der Waals surface area contributed by atoms with E-state index in [0.29, 0.717) is 31.0 Å². The van der Waals surface area contributed by atoms with Crippen LogP contribution < -0.4 is 15.1 Å². The van der Waals surface area contributed by atoms with Crippen LogP contribution in [0.15, 0.2) is 54.9 Å². The number of anilines is 2. The quantitative estimate of drug-likeness (QED) is 0.385. The molecule has 8 nitrogen and oxygen atoms in total. The number of nitrogens with one attached hydrogen (secondary N) is 2. The zero-order chi connectivity index (χ0) is 24.4. The topological polar surface area (TPSA) is 83.8 Å². The number of aromatic nitrogens is 3. The summed E-state index contributed by atoms with van der Waals surface area (Å²) in [5.41, 5.74) is 5.07. The average molecular weight is 534 g/mol. The number of ether oxygens (including phenoxy) is 1. The number of aryl methyl sites for hydroxylation is 1. The van der Waals surface area contributed by atoms with E-state index in [2.05, 4.69) is 42.5 Å². The monoisotopic (exact) mass is 534 g/mol. The maximum absolute atomic E-state index is 15.1. The summed E-state index contributed by atoms with van der Waals surface area (Å²) in [6.45, 7) is 5.75. The summed E-state index contributed by atoms with van der Waals surface area (Å²) in [5.74, 6) is -0.528. The van der Waals surface area contributed by atoms with E-state index in [-0.39, 0.29) is 5.69 Å². The predicted octanol–water partition coefficient (Wildman–Crippen LogP) is 3.11. The zero-order valence-electron chi connectivity index (χ0n) is 19.2. The fraction of sp³-hybridized carbons (Fsp3) is 0.240. The van der Waals surface area contributed by atoms with Gasteiger partial charge in [-0.15, -0.1) is 0 Å². The van der Waals surface area contributed by atoms with Gasteiger partial charge >= 0.3 is 187 Å². The maximum atomic E-state index is 15.1. The standard InChI is InChI=1S/C25H24AsFN6O2/c1-16-3-2-4-18(11-16)30-25(34)31-22-6-5-17(12-21(22)27)20-13-19(14-32-7-9-35-10-8-32)33-23(20)24(26)28-15-29-33/h2-6,11-13,15H,7-10,14H2,1H3,(H2,30,31,34). The molecule has 1 saturated heterocycles. The summed E-state index contributed by atoms with van der Waals surface area (Å²) in [4.78, 5) is 19.0. The Labute approximate surface area is 211 Å². The predicted molar refractivity (Wildman–Crippen MR) is 134 cm³/mol. The van der Waals surface area contributed by atoms with Gasteiger partial charge in [0.05, 0.1) is 0 Å². The van der Waals surface area contributed by atoms with Gasteiger partial charge < -0.3 is 0 Å². The molecule has 0 aliphatic carbocycles. The van der Waals surface area contributed by atoms with Crippen LogP contribution in [0.4, 0.5) is 20.6 Å². The number of hydrogen-bond acceptors (Lipinski definition) is 5. The molecular weight excluding hydrogens is 510 g/mol. The van der Waals surface area contributed by atoms with Gasteiger partial charge in [0.1, 0.15) is 0 Å². The van der Waals surface area contributed by atoms with Crippen molar-refractivity contribution in [2.45, 2.75) is 13.5 Å². The number of urea groups is 1. The second kappa shape index (κ2) is 10.2. The summed E-state index contributed by atoms with van der Waals surface area (Å²) in [5, 5.41) is 9.77. The van der Waals surface area contributed by atoms with Crippen LogP contribution in [0.1, 0.15) is 11.3 Å². The first-order valence-corrected chi connectivity index (χ1v) is 12.2. The van der Waals surface area contributed by atoms with Crippen molar-refractivity contribution in [3.8, 4) is 11.1 Å². The van der Waals surface area contributed by atoms with Gasteiger partial charge in [-0.25, -0.2) is 0 Å². The Hall–Kier alpha value is -3.26. The van der Waals surface area contributed by atoms with E-state index in [0.717, 1.165) is 39.9 Å². The first kappa shape index (κ1) is 23.5. The summed E-state index contributed by atoms with van der Waals surface area (Å²) in [6.07, 6.45) is 1.52. The van der Waals surface area contributed by atoms with Gasteiger partial charge in [-0.05, 0) is 12.5 Å². The van der Waals surface area contributed by atoms with Crippen LogP contribution in [0.5, 0.6) is 0 Å². The van der Waals surface area contributed by atoms with Crippen molar-refractivity contribution in [3.05, 3.63) is 71.9 Å². The molecule has 3 heterocycles. The van der Waals surface area contributed by atoms with Crippen LogP contribution in [0.2, 0.25) is 0 Å². The van der Waals surface area contributed by atoms with Crippen LogP contribution in [0.25, 0.3) is 16.6 Å². The molecule has 2 radical (unpaired) electrons. The minimum absolute atomic E-state index is 0.0970. The summed E-state index contributed by atoms with van der Waals surface area (Å²) >= 11 is 2.45. The van der Waals surface area contributed by atoms with E-state index in [1.54, 1.807) is 18.2 Å². The molecule has 2 N–H and O–H groups in total. The number of rotatable bonds is 5. The van der Waals surface area contributed by atoms with Crippen molar-refractivity contribution >= 4 is 44.3 Å². The molecule has 0 atom stereocenters. The van der Waals surface area contributed by atoms with E-state index < -0.39 is 11.8 Å². The molecule has 0 spiro atoms. The van der Waals surface area contributed by atoms with Crippen LogP contribution in [-0.4, -0.2) is 68.7 Å². The molecule has 1 aliphatic rings. The van der Waals surface area contributed by atoms with E-state index in [1.165, 1.54) is 12.4 Å². The summed E-state index contributed by atoms with van der Waals surface area (Å²) in [6, 6.07) is 13.7. The first-order chi connectivity index (χ1) is 17.0. The molecule has 0 saturated carbocycles. The molecule has 0 bridgehead atoms. The molecule has 10 heteroatoms. The Balaban J connectivity index is 1.41. The third-order valence-electron chi connectivity index (χ3n) is 5.90. The van der Waals surface area contributed by atoms with E-state index >= 15 is 4.39 Å². The van der Waals surface area contributed by atoms with Crippen molar-refractivity contribution in [1.29, 1.82) is 0 Å².